The summed E-state index contributed by atoms with van der Waals surface area (Å²) >= 11 is 11.7. The van der Waals surface area contributed by atoms with Gasteiger partial charge in [-0.25, -0.2) is 9.37 Å². The molecule has 0 radical (unpaired) electrons. The molecule has 0 spiro atoms. The highest BCUT2D eigenvalue weighted by atomic mass is 35.5. The van der Waals surface area contributed by atoms with E-state index in [0.717, 1.165) is 22.4 Å². The lowest BCUT2D eigenvalue weighted by Gasteiger charge is -2.15. The summed E-state index contributed by atoms with van der Waals surface area (Å²) in [5, 5.41) is 7.29. The molecule has 0 fully saturated rings. The first-order valence-corrected chi connectivity index (χ1v) is 9.40. The molecule has 0 bridgehead atoms. The lowest BCUT2D eigenvalue weighted by molar-refractivity contribution is 0.451. The average molecular weight is 416 g/mol. The molecule has 3 rings (SSSR count). The normalized spacial score (nSPS) is 10.4. The van der Waals surface area contributed by atoms with Crippen molar-refractivity contribution in [3.05, 3.63) is 82.3 Å². The van der Waals surface area contributed by atoms with Crippen molar-refractivity contribution in [2.24, 2.45) is 0 Å². The van der Waals surface area contributed by atoms with E-state index in [4.69, 9.17) is 28.6 Å². The predicted molar refractivity (Wildman–Crippen MR) is 115 cm³/mol. The minimum Gasteiger partial charge on any atom is -0.439 e. The zero-order valence-electron chi connectivity index (χ0n) is 15.4. The molecule has 0 atom stereocenters. The molecule has 3 aromatic rings. The van der Waals surface area contributed by atoms with Crippen LogP contribution in [0.5, 0.6) is 11.6 Å². The van der Waals surface area contributed by atoms with Gasteiger partial charge in [0.05, 0.1) is 10.7 Å². The Kier molecular flexibility index (Phi) is 6.44. The first-order chi connectivity index (χ1) is 13.4. The molecule has 0 unspecified atom stereocenters. The molecule has 2 N–H and O–H groups in total. The number of aryl methyl sites for hydroxylation is 2. The van der Waals surface area contributed by atoms with Gasteiger partial charge in [-0.05, 0) is 61.5 Å². The highest BCUT2D eigenvalue weighted by molar-refractivity contribution is 7.80. The maximum Gasteiger partial charge on any atom is 0.224 e. The Balaban J connectivity index is 1.67. The van der Waals surface area contributed by atoms with E-state index in [-0.39, 0.29) is 5.82 Å². The maximum atomic E-state index is 13.4. The Morgan fingerprint density at radius 3 is 2.75 bits per heavy atom. The quantitative estimate of drug-likeness (QED) is 0.518. The van der Waals surface area contributed by atoms with Gasteiger partial charge in [0.1, 0.15) is 11.6 Å². The standard InChI is InChI=1S/C21H19ClFN3OS/c1-13-9-14(2)19(18(22)10-13)26-21(28)25-12-15-5-4-8-24-20(15)27-17-7-3-6-16(23)11-17/h3-11H,12H2,1-2H3,(H2,25,26,28). The molecule has 0 aliphatic carbocycles. The van der Waals surface area contributed by atoms with Gasteiger partial charge >= 0.3 is 0 Å². The number of anilines is 1. The van der Waals surface area contributed by atoms with Gasteiger partial charge in [0.15, 0.2) is 5.11 Å². The maximum absolute atomic E-state index is 13.4. The van der Waals surface area contributed by atoms with E-state index in [9.17, 15) is 4.39 Å². The van der Waals surface area contributed by atoms with Crippen LogP contribution in [0.2, 0.25) is 5.02 Å². The summed E-state index contributed by atoms with van der Waals surface area (Å²) in [5.41, 5.74) is 3.64. The van der Waals surface area contributed by atoms with Crippen LogP contribution in [-0.4, -0.2) is 10.1 Å². The Hall–Kier alpha value is -2.70. The van der Waals surface area contributed by atoms with Crippen molar-refractivity contribution in [2.45, 2.75) is 20.4 Å². The summed E-state index contributed by atoms with van der Waals surface area (Å²) in [6.07, 6.45) is 1.62. The first kappa shape index (κ1) is 20.0. The lowest BCUT2D eigenvalue weighted by Crippen LogP contribution is -2.28. The van der Waals surface area contributed by atoms with E-state index in [1.807, 2.05) is 32.0 Å². The molecule has 0 aliphatic heterocycles. The SMILES string of the molecule is Cc1cc(C)c(NC(=S)NCc2cccnc2Oc2cccc(F)c2)c(Cl)c1. The van der Waals surface area contributed by atoms with Crippen LogP contribution in [-0.2, 0) is 6.54 Å². The van der Waals surface area contributed by atoms with Gasteiger partial charge in [-0.1, -0.05) is 29.8 Å². The number of thiocarbonyl (C=S) groups is 1. The van der Waals surface area contributed by atoms with Gasteiger partial charge in [0, 0.05) is 24.4 Å². The van der Waals surface area contributed by atoms with Crippen molar-refractivity contribution < 1.29 is 9.13 Å². The Labute approximate surface area is 173 Å². The molecule has 0 aliphatic rings. The van der Waals surface area contributed by atoms with Crippen LogP contribution >= 0.6 is 23.8 Å². The van der Waals surface area contributed by atoms with Crippen LogP contribution in [0.4, 0.5) is 10.1 Å². The molecule has 0 saturated carbocycles. The number of aromatic nitrogens is 1. The van der Waals surface area contributed by atoms with Crippen LogP contribution < -0.4 is 15.4 Å². The van der Waals surface area contributed by atoms with Crippen molar-refractivity contribution in [3.8, 4) is 11.6 Å². The summed E-state index contributed by atoms with van der Waals surface area (Å²) < 4.78 is 19.1. The van der Waals surface area contributed by atoms with Crippen LogP contribution in [0.15, 0.2) is 54.7 Å². The molecular formula is C21H19ClFN3OS. The number of halogens is 2. The predicted octanol–water partition coefficient (Wildman–Crippen LogP) is 5.77. The average Bonchev–Trinajstić information content (AvgIpc) is 2.64. The van der Waals surface area contributed by atoms with E-state index >= 15 is 0 Å². The van der Waals surface area contributed by atoms with Crippen LogP contribution in [0.1, 0.15) is 16.7 Å². The zero-order chi connectivity index (χ0) is 20.1. The summed E-state index contributed by atoms with van der Waals surface area (Å²) in [5.74, 6) is 0.388. The summed E-state index contributed by atoms with van der Waals surface area (Å²) in [4.78, 5) is 4.23. The van der Waals surface area contributed by atoms with Gasteiger partial charge in [0.2, 0.25) is 5.88 Å². The van der Waals surface area contributed by atoms with Crippen molar-refractivity contribution in [1.29, 1.82) is 0 Å². The monoisotopic (exact) mass is 415 g/mol. The molecule has 0 amide bonds. The molecule has 4 nitrogen and oxygen atoms in total. The third kappa shape index (κ3) is 5.18. The molecule has 7 heteroatoms. The third-order valence-electron chi connectivity index (χ3n) is 3.97. The number of nitrogens with zero attached hydrogens (tertiary/aromatic N) is 1. The summed E-state index contributed by atoms with van der Waals surface area (Å²) in [6, 6.07) is 13.5. The fourth-order valence-electron chi connectivity index (χ4n) is 2.70. The summed E-state index contributed by atoms with van der Waals surface area (Å²) in [7, 11) is 0. The van der Waals surface area contributed by atoms with E-state index in [0.29, 0.717) is 28.3 Å². The lowest BCUT2D eigenvalue weighted by atomic mass is 10.1. The first-order valence-electron chi connectivity index (χ1n) is 8.61. The molecule has 1 aromatic heterocycles. The van der Waals surface area contributed by atoms with E-state index in [1.54, 1.807) is 24.4 Å². The van der Waals surface area contributed by atoms with Crippen molar-refractivity contribution in [3.63, 3.8) is 0 Å². The number of benzene rings is 2. The van der Waals surface area contributed by atoms with Gasteiger partial charge in [0.25, 0.3) is 0 Å². The van der Waals surface area contributed by atoms with Gasteiger partial charge in [-0.15, -0.1) is 0 Å². The largest absolute Gasteiger partial charge is 0.439 e. The van der Waals surface area contributed by atoms with Gasteiger partial charge in [-0.3, -0.25) is 0 Å². The second-order valence-electron chi connectivity index (χ2n) is 6.27. The molecule has 144 valence electrons. The Bertz CT molecular complexity index is 989. The van der Waals surface area contributed by atoms with Crippen molar-refractivity contribution in [1.82, 2.24) is 10.3 Å². The van der Waals surface area contributed by atoms with Crippen LogP contribution in [0.25, 0.3) is 0 Å². The number of ether oxygens (including phenoxy) is 1. The number of rotatable bonds is 5. The fourth-order valence-corrected chi connectivity index (χ4v) is 3.24. The minimum atomic E-state index is -0.371. The van der Waals surface area contributed by atoms with Gasteiger partial charge in [-0.2, -0.15) is 0 Å². The van der Waals surface area contributed by atoms with E-state index in [2.05, 4.69) is 15.6 Å². The second kappa shape index (κ2) is 8.99. The number of pyridine rings is 1. The van der Waals surface area contributed by atoms with Crippen LogP contribution in [0, 0.1) is 19.7 Å². The third-order valence-corrected chi connectivity index (χ3v) is 4.51. The minimum absolute atomic E-state index is 0.371. The Morgan fingerprint density at radius 1 is 1.18 bits per heavy atom. The molecule has 28 heavy (non-hydrogen) atoms. The Morgan fingerprint density at radius 2 is 2.00 bits per heavy atom. The van der Waals surface area contributed by atoms with Crippen molar-refractivity contribution in [2.75, 3.05) is 5.32 Å². The zero-order valence-corrected chi connectivity index (χ0v) is 17.0. The number of hydrogen-bond donors (Lipinski definition) is 2. The highest BCUT2D eigenvalue weighted by Crippen LogP contribution is 2.27. The summed E-state index contributed by atoms with van der Waals surface area (Å²) in [6.45, 7) is 4.34. The smallest absolute Gasteiger partial charge is 0.224 e. The number of hydrogen-bond acceptors (Lipinski definition) is 3. The molecule has 1 heterocycles. The molecule has 2 aromatic carbocycles. The second-order valence-corrected chi connectivity index (χ2v) is 7.09. The molecule has 0 saturated heterocycles. The number of nitrogens with one attached hydrogen (secondary N) is 2. The van der Waals surface area contributed by atoms with E-state index in [1.165, 1.54) is 12.1 Å². The highest BCUT2D eigenvalue weighted by Gasteiger charge is 2.10. The topological polar surface area (TPSA) is 46.2 Å². The molecular weight excluding hydrogens is 397 g/mol. The van der Waals surface area contributed by atoms with Crippen LogP contribution in [0.3, 0.4) is 0 Å². The van der Waals surface area contributed by atoms with Gasteiger partial charge < -0.3 is 15.4 Å². The van der Waals surface area contributed by atoms with E-state index < -0.39 is 0 Å². The van der Waals surface area contributed by atoms with Crippen molar-refractivity contribution >= 4 is 34.6 Å². The fraction of sp³-hybridized carbons (Fsp3) is 0.143.